The Bertz CT molecular complexity index is 301. The van der Waals surface area contributed by atoms with Crippen molar-refractivity contribution < 1.29 is 8.42 Å². The van der Waals surface area contributed by atoms with E-state index in [1.54, 1.807) is 6.92 Å². The Labute approximate surface area is 101 Å². The van der Waals surface area contributed by atoms with Crippen molar-refractivity contribution in [1.29, 1.82) is 0 Å². The minimum absolute atomic E-state index is 0.00120. The van der Waals surface area contributed by atoms with E-state index in [2.05, 4.69) is 26.1 Å². The lowest BCUT2D eigenvalue weighted by Crippen LogP contribution is -2.45. The van der Waals surface area contributed by atoms with Gasteiger partial charge in [-0.05, 0) is 25.3 Å². The maximum absolute atomic E-state index is 12.1. The van der Waals surface area contributed by atoms with E-state index in [9.17, 15) is 8.42 Å². The summed E-state index contributed by atoms with van der Waals surface area (Å²) < 4.78 is 24.3. The Morgan fingerprint density at radius 2 is 1.56 bits per heavy atom. The largest absolute Gasteiger partial charge is 0.315 e. The van der Waals surface area contributed by atoms with Gasteiger partial charge in [0.15, 0.2) is 9.84 Å². The van der Waals surface area contributed by atoms with Crippen LogP contribution in [-0.2, 0) is 9.84 Å². The van der Waals surface area contributed by atoms with Crippen molar-refractivity contribution in [2.24, 2.45) is 11.3 Å². The fourth-order valence-electron chi connectivity index (χ4n) is 1.57. The molecule has 4 heteroatoms. The summed E-state index contributed by atoms with van der Waals surface area (Å²) in [5.74, 6) is 0.384. The normalized spacial score (nSPS) is 17.5. The average Bonchev–Trinajstić information content (AvgIpc) is 2.10. The molecule has 16 heavy (non-hydrogen) atoms. The van der Waals surface area contributed by atoms with Gasteiger partial charge in [-0.3, -0.25) is 0 Å². The maximum Gasteiger partial charge on any atom is 0.154 e. The van der Waals surface area contributed by atoms with Crippen LogP contribution >= 0.6 is 0 Å². The molecule has 0 rings (SSSR count). The van der Waals surface area contributed by atoms with Gasteiger partial charge in [-0.15, -0.1) is 0 Å². The van der Waals surface area contributed by atoms with Crippen LogP contribution in [0.5, 0.6) is 0 Å². The maximum atomic E-state index is 12.1. The number of nitrogens with one attached hydrogen (secondary N) is 1. The second-order valence-corrected chi connectivity index (χ2v) is 8.39. The molecule has 0 radical (unpaired) electrons. The van der Waals surface area contributed by atoms with Gasteiger partial charge >= 0.3 is 0 Å². The SMILES string of the molecule is CNC(CS(=O)(=O)C(C)C(C)C)C(C)(C)C. The van der Waals surface area contributed by atoms with Crippen molar-refractivity contribution in [2.75, 3.05) is 12.8 Å². The fourth-order valence-corrected chi connectivity index (χ4v) is 3.83. The monoisotopic (exact) mass is 249 g/mol. The Morgan fingerprint density at radius 3 is 1.81 bits per heavy atom. The predicted octanol–water partition coefficient (Wildman–Crippen LogP) is 2.08. The van der Waals surface area contributed by atoms with Crippen molar-refractivity contribution in [1.82, 2.24) is 5.32 Å². The summed E-state index contributed by atoms with van der Waals surface area (Å²) in [5.41, 5.74) is -0.0431. The van der Waals surface area contributed by atoms with E-state index in [0.717, 1.165) is 0 Å². The molecular weight excluding hydrogens is 222 g/mol. The zero-order valence-electron chi connectivity index (χ0n) is 11.7. The van der Waals surface area contributed by atoms with Gasteiger partial charge in [-0.1, -0.05) is 34.6 Å². The molecule has 0 saturated heterocycles. The molecule has 0 aliphatic rings. The number of sulfone groups is 1. The highest BCUT2D eigenvalue weighted by Gasteiger charge is 2.32. The topological polar surface area (TPSA) is 46.2 Å². The van der Waals surface area contributed by atoms with Crippen molar-refractivity contribution >= 4 is 9.84 Å². The quantitative estimate of drug-likeness (QED) is 0.811. The standard InChI is InChI=1S/C12H27NO2S/c1-9(2)10(3)16(14,15)8-11(13-7)12(4,5)6/h9-11,13H,8H2,1-7H3. The van der Waals surface area contributed by atoms with E-state index in [-0.39, 0.29) is 28.4 Å². The Kier molecular flexibility index (Phi) is 5.47. The van der Waals surface area contributed by atoms with Gasteiger partial charge in [0, 0.05) is 6.04 Å². The lowest BCUT2D eigenvalue weighted by atomic mass is 9.88. The molecule has 3 nitrogen and oxygen atoms in total. The van der Waals surface area contributed by atoms with E-state index in [1.807, 2.05) is 20.9 Å². The first-order valence-corrected chi connectivity index (χ1v) is 7.62. The van der Waals surface area contributed by atoms with E-state index in [1.165, 1.54) is 0 Å². The Morgan fingerprint density at radius 1 is 1.12 bits per heavy atom. The van der Waals surface area contributed by atoms with Crippen LogP contribution in [0.3, 0.4) is 0 Å². The number of rotatable bonds is 5. The molecule has 0 aliphatic heterocycles. The summed E-state index contributed by atoms with van der Waals surface area (Å²) in [6.07, 6.45) is 0. The second kappa shape index (κ2) is 5.50. The summed E-state index contributed by atoms with van der Waals surface area (Å²) in [6, 6.07) is -0.00120. The average molecular weight is 249 g/mol. The Balaban J connectivity index is 4.83. The summed E-state index contributed by atoms with van der Waals surface area (Å²) in [4.78, 5) is 0. The van der Waals surface area contributed by atoms with Crippen LogP contribution in [0.25, 0.3) is 0 Å². The minimum Gasteiger partial charge on any atom is -0.315 e. The molecule has 0 aromatic rings. The molecule has 0 bridgehead atoms. The molecule has 0 aromatic carbocycles. The lowest BCUT2D eigenvalue weighted by molar-refractivity contribution is 0.301. The molecule has 0 aromatic heterocycles. The summed E-state index contributed by atoms with van der Waals surface area (Å²) >= 11 is 0. The van der Waals surface area contributed by atoms with Gasteiger partial charge in [0.05, 0.1) is 11.0 Å². The van der Waals surface area contributed by atoms with E-state index < -0.39 is 9.84 Å². The molecule has 2 atom stereocenters. The highest BCUT2D eigenvalue weighted by atomic mass is 32.2. The predicted molar refractivity (Wildman–Crippen MR) is 70.4 cm³/mol. The molecule has 1 N–H and O–H groups in total. The molecule has 0 spiro atoms. The first kappa shape index (κ1) is 15.9. The van der Waals surface area contributed by atoms with Gasteiger partial charge in [0.2, 0.25) is 0 Å². The van der Waals surface area contributed by atoms with E-state index in [4.69, 9.17) is 0 Å². The third-order valence-electron chi connectivity index (χ3n) is 3.30. The first-order valence-electron chi connectivity index (χ1n) is 5.91. The van der Waals surface area contributed by atoms with Crippen LogP contribution in [0.15, 0.2) is 0 Å². The fraction of sp³-hybridized carbons (Fsp3) is 1.00. The number of hydrogen-bond donors (Lipinski definition) is 1. The molecule has 0 heterocycles. The molecule has 2 unspecified atom stereocenters. The van der Waals surface area contributed by atoms with Crippen LogP contribution < -0.4 is 5.32 Å². The second-order valence-electron chi connectivity index (χ2n) is 5.99. The molecular formula is C12H27NO2S. The van der Waals surface area contributed by atoms with Crippen LogP contribution in [0.1, 0.15) is 41.5 Å². The van der Waals surface area contributed by atoms with Crippen LogP contribution in [0.4, 0.5) is 0 Å². The molecule has 0 fully saturated rings. The van der Waals surface area contributed by atoms with Crippen molar-refractivity contribution in [3.8, 4) is 0 Å². The van der Waals surface area contributed by atoms with Gasteiger partial charge < -0.3 is 5.32 Å². The minimum atomic E-state index is -3.02. The van der Waals surface area contributed by atoms with Gasteiger partial charge in [0.25, 0.3) is 0 Å². The first-order chi connectivity index (χ1) is 7.02. The molecule has 0 saturated carbocycles. The lowest BCUT2D eigenvalue weighted by Gasteiger charge is -2.31. The van der Waals surface area contributed by atoms with Crippen LogP contribution in [0.2, 0.25) is 0 Å². The highest BCUT2D eigenvalue weighted by molar-refractivity contribution is 7.92. The number of hydrogen-bond acceptors (Lipinski definition) is 3. The van der Waals surface area contributed by atoms with Crippen molar-refractivity contribution in [3.05, 3.63) is 0 Å². The van der Waals surface area contributed by atoms with Crippen molar-refractivity contribution in [3.63, 3.8) is 0 Å². The van der Waals surface area contributed by atoms with Gasteiger partial charge in [-0.25, -0.2) is 8.42 Å². The molecule has 0 aliphatic carbocycles. The van der Waals surface area contributed by atoms with E-state index >= 15 is 0 Å². The third-order valence-corrected chi connectivity index (χ3v) is 5.77. The summed E-state index contributed by atoms with van der Waals surface area (Å²) in [6.45, 7) is 11.9. The van der Waals surface area contributed by atoms with Crippen molar-refractivity contribution in [2.45, 2.75) is 52.8 Å². The zero-order valence-corrected chi connectivity index (χ0v) is 12.5. The van der Waals surface area contributed by atoms with Gasteiger partial charge in [0.1, 0.15) is 0 Å². The van der Waals surface area contributed by atoms with Gasteiger partial charge in [-0.2, -0.15) is 0 Å². The van der Waals surface area contributed by atoms with E-state index in [0.29, 0.717) is 0 Å². The summed E-state index contributed by atoms with van der Waals surface area (Å²) in [7, 11) is -1.19. The van der Waals surface area contributed by atoms with Crippen LogP contribution in [0, 0.1) is 11.3 Å². The highest BCUT2D eigenvalue weighted by Crippen LogP contribution is 2.23. The zero-order chi connectivity index (χ0) is 13.1. The molecule has 98 valence electrons. The summed E-state index contributed by atoms with van der Waals surface area (Å²) in [5, 5.41) is 2.84. The Hall–Kier alpha value is -0.0900. The smallest absolute Gasteiger partial charge is 0.154 e. The third kappa shape index (κ3) is 4.42. The molecule has 0 amide bonds. The van der Waals surface area contributed by atoms with Crippen LogP contribution in [-0.4, -0.2) is 32.5 Å².